The predicted molar refractivity (Wildman–Crippen MR) is 149 cm³/mol. The maximum atomic E-state index is 13.5. The van der Waals surface area contributed by atoms with E-state index in [0.717, 1.165) is 33.4 Å². The summed E-state index contributed by atoms with van der Waals surface area (Å²) < 4.78 is 12.6. The monoisotopic (exact) mass is 504 g/mol. The third kappa shape index (κ3) is 4.74. The van der Waals surface area contributed by atoms with Crippen LogP contribution in [0.3, 0.4) is 0 Å². The molecule has 5 rings (SSSR count). The number of carbonyl (C=O) groups excluding carboxylic acids is 2. The zero-order chi connectivity index (χ0) is 26.8. The highest BCUT2D eigenvalue weighted by molar-refractivity contribution is 5.90. The Hall–Kier alpha value is -4.18. The normalized spacial score (nSPS) is 20.3. The number of esters is 2. The van der Waals surface area contributed by atoms with E-state index in [1.54, 1.807) is 24.3 Å². The summed E-state index contributed by atoms with van der Waals surface area (Å²) in [4.78, 5) is 26.9. The molecule has 0 N–H and O–H groups in total. The van der Waals surface area contributed by atoms with Gasteiger partial charge in [0.15, 0.2) is 6.10 Å². The molecule has 4 atom stereocenters. The molecule has 192 valence electrons. The van der Waals surface area contributed by atoms with E-state index in [1.807, 2.05) is 48.5 Å². The van der Waals surface area contributed by atoms with Crippen LogP contribution in [0.2, 0.25) is 0 Å². The molecule has 4 heteroatoms. The zero-order valence-corrected chi connectivity index (χ0v) is 22.2. The van der Waals surface area contributed by atoms with Crippen molar-refractivity contribution in [3.8, 4) is 0 Å². The van der Waals surface area contributed by atoms with Gasteiger partial charge in [-0.2, -0.15) is 0 Å². The average molecular weight is 505 g/mol. The van der Waals surface area contributed by atoms with E-state index < -0.39 is 24.1 Å². The Labute approximate surface area is 224 Å². The second kappa shape index (κ2) is 10.7. The van der Waals surface area contributed by atoms with Crippen LogP contribution in [0.1, 0.15) is 72.9 Å². The first kappa shape index (κ1) is 25.5. The molecule has 0 spiro atoms. The van der Waals surface area contributed by atoms with E-state index in [0.29, 0.717) is 11.1 Å². The molecule has 0 fully saturated rings. The van der Waals surface area contributed by atoms with Crippen LogP contribution in [-0.2, 0) is 9.47 Å². The minimum Gasteiger partial charge on any atom is -0.454 e. The summed E-state index contributed by atoms with van der Waals surface area (Å²) in [6.07, 6.45) is -1.41. The number of hydrogen-bond acceptors (Lipinski definition) is 4. The van der Waals surface area contributed by atoms with E-state index >= 15 is 0 Å². The second-order valence-corrected chi connectivity index (χ2v) is 10.1. The fourth-order valence-electron chi connectivity index (χ4n) is 5.89. The molecular formula is C34H32O4. The molecule has 0 radical (unpaired) electrons. The van der Waals surface area contributed by atoms with Gasteiger partial charge in [0.2, 0.25) is 0 Å². The summed E-state index contributed by atoms with van der Waals surface area (Å²) in [6, 6.07) is 30.4. The highest BCUT2D eigenvalue weighted by Crippen LogP contribution is 2.48. The molecule has 4 aromatic carbocycles. The topological polar surface area (TPSA) is 52.6 Å². The highest BCUT2D eigenvalue weighted by atomic mass is 16.6. The Morgan fingerprint density at radius 1 is 0.553 bits per heavy atom. The van der Waals surface area contributed by atoms with Gasteiger partial charge < -0.3 is 9.47 Å². The van der Waals surface area contributed by atoms with E-state index in [1.165, 1.54) is 0 Å². The Morgan fingerprint density at radius 2 is 1.00 bits per heavy atom. The van der Waals surface area contributed by atoms with Crippen LogP contribution in [0.15, 0.2) is 97.1 Å². The molecule has 0 saturated carbocycles. The number of rotatable bonds is 5. The predicted octanol–water partition coefficient (Wildman–Crippen LogP) is 7.31. The van der Waals surface area contributed by atoms with Crippen LogP contribution in [-0.4, -0.2) is 24.1 Å². The first-order valence-corrected chi connectivity index (χ1v) is 13.0. The van der Waals surface area contributed by atoms with Gasteiger partial charge in [0.25, 0.3) is 0 Å². The van der Waals surface area contributed by atoms with Crippen LogP contribution >= 0.6 is 0 Å². The molecule has 1 aliphatic carbocycles. The maximum Gasteiger partial charge on any atom is 0.338 e. The Kier molecular flexibility index (Phi) is 7.15. The standard InChI is InChI=1S/C34H32O4/c1-21-13-11-14-22(2)28(21)30-27-20-12-15-23(3)29(27)24(4)31(37-33(35)25-16-7-5-8-17-25)32(30)38-34(36)26-18-9-6-10-19-26/h5-20,24,30-32H,1-4H3. The van der Waals surface area contributed by atoms with Crippen molar-refractivity contribution in [3.05, 3.63) is 142 Å². The molecule has 4 unspecified atom stereocenters. The number of aryl methyl sites for hydroxylation is 3. The molecule has 0 heterocycles. The summed E-state index contributed by atoms with van der Waals surface area (Å²) in [6.45, 7) is 8.30. The number of hydrogen-bond donors (Lipinski definition) is 0. The zero-order valence-electron chi connectivity index (χ0n) is 22.2. The Balaban J connectivity index is 1.68. The van der Waals surface area contributed by atoms with Crippen LogP contribution < -0.4 is 0 Å². The number of fused-ring (bicyclic) bond motifs is 1. The van der Waals surface area contributed by atoms with Crippen molar-refractivity contribution in [2.45, 2.75) is 51.7 Å². The van der Waals surface area contributed by atoms with Gasteiger partial charge in [-0.15, -0.1) is 0 Å². The molecule has 0 amide bonds. The molecule has 4 aromatic rings. The first-order chi connectivity index (χ1) is 18.4. The molecule has 38 heavy (non-hydrogen) atoms. The summed E-state index contributed by atoms with van der Waals surface area (Å²) in [5, 5.41) is 0. The van der Waals surface area contributed by atoms with E-state index in [-0.39, 0.29) is 11.8 Å². The molecule has 4 nitrogen and oxygen atoms in total. The number of benzene rings is 4. The van der Waals surface area contributed by atoms with Crippen molar-refractivity contribution in [3.63, 3.8) is 0 Å². The van der Waals surface area contributed by atoms with Gasteiger partial charge in [0, 0.05) is 5.92 Å². The van der Waals surface area contributed by atoms with Crippen LogP contribution in [0.25, 0.3) is 0 Å². The van der Waals surface area contributed by atoms with Gasteiger partial charge in [-0.3, -0.25) is 0 Å². The van der Waals surface area contributed by atoms with Crippen molar-refractivity contribution in [2.75, 3.05) is 0 Å². The highest BCUT2D eigenvalue weighted by Gasteiger charge is 2.47. The van der Waals surface area contributed by atoms with Gasteiger partial charge in [0.1, 0.15) is 6.10 Å². The van der Waals surface area contributed by atoms with Gasteiger partial charge >= 0.3 is 11.9 Å². The largest absolute Gasteiger partial charge is 0.454 e. The lowest BCUT2D eigenvalue weighted by Crippen LogP contribution is -2.47. The SMILES string of the molecule is Cc1cccc2c1C(C)C(OC(=O)c1ccccc1)C(OC(=O)c1ccccc1)C2c1c(C)cccc1C. The van der Waals surface area contributed by atoms with Crippen molar-refractivity contribution in [2.24, 2.45) is 0 Å². The third-order valence-electron chi connectivity index (χ3n) is 7.65. The summed E-state index contributed by atoms with van der Waals surface area (Å²) in [7, 11) is 0. The molecule has 0 aromatic heterocycles. The van der Waals surface area contributed by atoms with Crippen molar-refractivity contribution in [1.29, 1.82) is 0 Å². The van der Waals surface area contributed by atoms with Gasteiger partial charge in [-0.25, -0.2) is 9.59 Å². The van der Waals surface area contributed by atoms with Gasteiger partial charge in [0.05, 0.1) is 17.0 Å². The number of carbonyl (C=O) groups is 2. The third-order valence-corrected chi connectivity index (χ3v) is 7.65. The number of ether oxygens (including phenoxy) is 2. The fourth-order valence-corrected chi connectivity index (χ4v) is 5.89. The molecule has 0 saturated heterocycles. The summed E-state index contributed by atoms with van der Waals surface area (Å²) in [5.41, 5.74) is 7.59. The van der Waals surface area contributed by atoms with E-state index in [2.05, 4.69) is 52.0 Å². The second-order valence-electron chi connectivity index (χ2n) is 10.1. The van der Waals surface area contributed by atoms with Gasteiger partial charge in [-0.05, 0) is 78.4 Å². The molecule has 1 aliphatic rings. The minimum absolute atomic E-state index is 0.187. The maximum absolute atomic E-state index is 13.5. The van der Waals surface area contributed by atoms with Crippen LogP contribution in [0.5, 0.6) is 0 Å². The quantitative estimate of drug-likeness (QED) is 0.267. The summed E-state index contributed by atoms with van der Waals surface area (Å²) >= 11 is 0. The lowest BCUT2D eigenvalue weighted by Gasteiger charge is -2.43. The van der Waals surface area contributed by atoms with Crippen molar-refractivity contribution in [1.82, 2.24) is 0 Å². The Morgan fingerprint density at radius 3 is 1.53 bits per heavy atom. The van der Waals surface area contributed by atoms with E-state index in [9.17, 15) is 9.59 Å². The first-order valence-electron chi connectivity index (χ1n) is 13.0. The van der Waals surface area contributed by atoms with Crippen molar-refractivity contribution < 1.29 is 19.1 Å². The smallest absolute Gasteiger partial charge is 0.338 e. The average Bonchev–Trinajstić information content (AvgIpc) is 2.93. The van der Waals surface area contributed by atoms with E-state index in [4.69, 9.17) is 9.47 Å². The van der Waals surface area contributed by atoms with Crippen molar-refractivity contribution >= 4 is 11.9 Å². The Bertz CT molecular complexity index is 1440. The van der Waals surface area contributed by atoms with Gasteiger partial charge in [-0.1, -0.05) is 79.7 Å². The molecule has 0 bridgehead atoms. The molecular weight excluding hydrogens is 472 g/mol. The summed E-state index contributed by atoms with van der Waals surface area (Å²) in [5.74, 6) is -1.35. The lowest BCUT2D eigenvalue weighted by atomic mass is 9.68. The minimum atomic E-state index is -0.723. The fraction of sp³-hybridized carbons (Fsp3) is 0.235. The van der Waals surface area contributed by atoms with Crippen LogP contribution in [0.4, 0.5) is 0 Å². The molecule has 0 aliphatic heterocycles. The lowest BCUT2D eigenvalue weighted by molar-refractivity contribution is -0.0533. The van der Waals surface area contributed by atoms with Crippen LogP contribution in [0, 0.1) is 20.8 Å².